The molecule has 3 aromatic rings. The molecule has 2 aromatic carbocycles. The number of benzene rings is 2. The van der Waals surface area contributed by atoms with Crippen molar-refractivity contribution in [1.29, 1.82) is 0 Å². The molecular weight excluding hydrogens is 422 g/mol. The summed E-state index contributed by atoms with van der Waals surface area (Å²) in [4.78, 5) is 15.7. The zero-order valence-corrected chi connectivity index (χ0v) is 18.2. The third-order valence-corrected chi connectivity index (χ3v) is 5.92. The summed E-state index contributed by atoms with van der Waals surface area (Å²) in [7, 11) is 0. The van der Waals surface area contributed by atoms with Gasteiger partial charge in [0.1, 0.15) is 5.75 Å². The van der Waals surface area contributed by atoms with Crippen LogP contribution in [-0.2, 0) is 11.3 Å². The van der Waals surface area contributed by atoms with E-state index in [4.69, 9.17) is 20.8 Å². The van der Waals surface area contributed by atoms with E-state index in [1.165, 1.54) is 11.8 Å². The molecule has 1 aliphatic carbocycles. The van der Waals surface area contributed by atoms with Crippen molar-refractivity contribution in [3.8, 4) is 17.2 Å². The predicted molar refractivity (Wildman–Crippen MR) is 117 cm³/mol. The Morgan fingerprint density at radius 3 is 2.57 bits per heavy atom. The van der Waals surface area contributed by atoms with Gasteiger partial charge in [0.15, 0.2) is 0 Å². The molecule has 1 fully saturated rings. The highest BCUT2D eigenvalue weighted by molar-refractivity contribution is 8.00. The molecule has 1 aliphatic rings. The minimum Gasteiger partial charge on any atom is -0.494 e. The quantitative estimate of drug-likeness (QED) is 0.430. The fourth-order valence-electron chi connectivity index (χ4n) is 3.01. The van der Waals surface area contributed by atoms with Crippen molar-refractivity contribution in [1.82, 2.24) is 15.1 Å². The van der Waals surface area contributed by atoms with Crippen LogP contribution in [0.3, 0.4) is 0 Å². The molecular formula is C22H22ClN3O3S. The molecule has 1 amide bonds. The Bertz CT molecular complexity index is 988. The number of nitrogens with zero attached hydrogens (tertiary/aromatic N) is 3. The highest BCUT2D eigenvalue weighted by atomic mass is 35.5. The molecule has 0 spiro atoms. The number of carbonyl (C=O) groups is 1. The van der Waals surface area contributed by atoms with Crippen LogP contribution < -0.4 is 4.74 Å². The lowest BCUT2D eigenvalue weighted by Crippen LogP contribution is -2.34. The van der Waals surface area contributed by atoms with Gasteiger partial charge in [0.05, 0.1) is 18.9 Å². The lowest BCUT2D eigenvalue weighted by Gasteiger charge is -2.20. The lowest BCUT2D eigenvalue weighted by atomic mass is 10.2. The van der Waals surface area contributed by atoms with Crippen molar-refractivity contribution in [3.63, 3.8) is 0 Å². The number of carbonyl (C=O) groups excluding carboxylic acids is 1. The van der Waals surface area contributed by atoms with Gasteiger partial charge in [-0.3, -0.25) is 4.79 Å². The van der Waals surface area contributed by atoms with Gasteiger partial charge in [-0.15, -0.1) is 22.0 Å². The first-order chi connectivity index (χ1) is 14.6. The van der Waals surface area contributed by atoms with E-state index in [2.05, 4.69) is 10.2 Å². The van der Waals surface area contributed by atoms with Gasteiger partial charge in [-0.25, -0.2) is 0 Å². The fraction of sp³-hybridized carbons (Fsp3) is 0.318. The highest BCUT2D eigenvalue weighted by Gasteiger charge is 2.33. The number of ether oxygens (including phenoxy) is 1. The minimum absolute atomic E-state index is 0.0719. The molecule has 0 radical (unpaired) electrons. The third kappa shape index (κ3) is 5.34. The van der Waals surface area contributed by atoms with Crippen molar-refractivity contribution in [2.75, 3.05) is 12.4 Å². The van der Waals surface area contributed by atoms with Crippen LogP contribution in [0.15, 0.2) is 57.8 Å². The Balaban J connectivity index is 1.37. The Hall–Kier alpha value is -2.51. The van der Waals surface area contributed by atoms with Crippen molar-refractivity contribution >= 4 is 29.3 Å². The van der Waals surface area contributed by atoms with E-state index in [-0.39, 0.29) is 11.9 Å². The Labute approximate surface area is 184 Å². The molecule has 0 atom stereocenters. The summed E-state index contributed by atoms with van der Waals surface area (Å²) in [5, 5.41) is 8.89. The van der Waals surface area contributed by atoms with E-state index in [9.17, 15) is 4.79 Å². The summed E-state index contributed by atoms with van der Waals surface area (Å²) >= 11 is 7.44. The average Bonchev–Trinajstić information content (AvgIpc) is 3.50. The van der Waals surface area contributed by atoms with Gasteiger partial charge < -0.3 is 14.1 Å². The first-order valence-corrected chi connectivity index (χ1v) is 11.2. The van der Waals surface area contributed by atoms with Crippen LogP contribution in [0.1, 0.15) is 25.7 Å². The van der Waals surface area contributed by atoms with Crippen molar-refractivity contribution < 1.29 is 13.9 Å². The highest BCUT2D eigenvalue weighted by Crippen LogP contribution is 2.30. The Morgan fingerprint density at radius 2 is 1.90 bits per heavy atom. The molecule has 0 saturated heterocycles. The van der Waals surface area contributed by atoms with Crippen molar-refractivity contribution in [2.24, 2.45) is 0 Å². The SMILES string of the molecule is CCOc1ccc(SCC(=O)N(Cc2nnc(-c3ccc(Cl)cc3)o2)C2CC2)cc1. The number of hydrogen-bond acceptors (Lipinski definition) is 6. The largest absolute Gasteiger partial charge is 0.494 e. The van der Waals surface area contributed by atoms with Gasteiger partial charge in [-0.2, -0.15) is 0 Å². The molecule has 0 bridgehead atoms. The second-order valence-electron chi connectivity index (χ2n) is 6.95. The molecule has 8 heteroatoms. The maximum absolute atomic E-state index is 12.9. The number of hydrogen-bond donors (Lipinski definition) is 0. The number of amides is 1. The molecule has 0 aliphatic heterocycles. The van der Waals surface area contributed by atoms with Crippen LogP contribution in [0.25, 0.3) is 11.5 Å². The lowest BCUT2D eigenvalue weighted by molar-refractivity contribution is -0.129. The summed E-state index contributed by atoms with van der Waals surface area (Å²) in [5.74, 6) is 2.13. The maximum Gasteiger partial charge on any atom is 0.247 e. The van der Waals surface area contributed by atoms with Gasteiger partial charge in [0, 0.05) is 21.5 Å². The van der Waals surface area contributed by atoms with Gasteiger partial charge in [0.25, 0.3) is 0 Å². The monoisotopic (exact) mass is 443 g/mol. The standard InChI is InChI=1S/C22H22ClN3O3S/c1-2-28-18-9-11-19(12-10-18)30-14-21(27)26(17-7-8-17)13-20-24-25-22(29-20)15-3-5-16(23)6-4-15/h3-6,9-12,17H,2,7-8,13-14H2,1H3. The summed E-state index contributed by atoms with van der Waals surface area (Å²) in [5.41, 5.74) is 0.800. The molecule has 0 N–H and O–H groups in total. The Kier molecular flexibility index (Phi) is 6.59. The topological polar surface area (TPSA) is 68.5 Å². The zero-order valence-electron chi connectivity index (χ0n) is 16.6. The van der Waals surface area contributed by atoms with E-state index >= 15 is 0 Å². The second kappa shape index (κ2) is 9.53. The zero-order chi connectivity index (χ0) is 20.9. The summed E-state index contributed by atoms with van der Waals surface area (Å²) in [6.07, 6.45) is 2.02. The predicted octanol–water partition coefficient (Wildman–Crippen LogP) is 5.07. The number of thioether (sulfide) groups is 1. The van der Waals surface area contributed by atoms with Crippen LogP contribution in [-0.4, -0.2) is 39.4 Å². The minimum atomic E-state index is 0.0719. The van der Waals surface area contributed by atoms with Crippen LogP contribution in [0.2, 0.25) is 5.02 Å². The molecule has 1 aromatic heterocycles. The van der Waals surface area contributed by atoms with Crippen molar-refractivity contribution in [2.45, 2.75) is 37.2 Å². The second-order valence-corrected chi connectivity index (χ2v) is 8.44. The van der Waals surface area contributed by atoms with Gasteiger partial charge in [-0.05, 0) is 68.3 Å². The summed E-state index contributed by atoms with van der Waals surface area (Å²) in [6.45, 7) is 2.92. The van der Waals surface area contributed by atoms with E-state index in [0.29, 0.717) is 35.7 Å². The van der Waals surface area contributed by atoms with E-state index in [1.807, 2.05) is 48.2 Å². The normalized spacial score (nSPS) is 13.3. The molecule has 1 heterocycles. The van der Waals surface area contributed by atoms with E-state index in [0.717, 1.165) is 29.1 Å². The summed E-state index contributed by atoms with van der Waals surface area (Å²) in [6, 6.07) is 15.3. The number of halogens is 1. The van der Waals surface area contributed by atoms with Crippen molar-refractivity contribution in [3.05, 3.63) is 59.4 Å². The fourth-order valence-corrected chi connectivity index (χ4v) is 3.92. The van der Waals surface area contributed by atoms with Gasteiger partial charge >= 0.3 is 0 Å². The summed E-state index contributed by atoms with van der Waals surface area (Å²) < 4.78 is 11.2. The third-order valence-electron chi connectivity index (χ3n) is 4.67. The first kappa shape index (κ1) is 20.8. The maximum atomic E-state index is 12.9. The van der Waals surface area contributed by atoms with Crippen LogP contribution in [0.5, 0.6) is 5.75 Å². The molecule has 30 heavy (non-hydrogen) atoms. The average molecular weight is 444 g/mol. The van der Waals surface area contributed by atoms with Gasteiger partial charge in [-0.1, -0.05) is 11.6 Å². The van der Waals surface area contributed by atoms with E-state index < -0.39 is 0 Å². The molecule has 0 unspecified atom stereocenters. The van der Waals surface area contributed by atoms with Crippen LogP contribution >= 0.6 is 23.4 Å². The number of rotatable bonds is 9. The van der Waals surface area contributed by atoms with Crippen LogP contribution in [0.4, 0.5) is 0 Å². The van der Waals surface area contributed by atoms with Gasteiger partial charge in [0.2, 0.25) is 17.7 Å². The van der Waals surface area contributed by atoms with E-state index in [1.54, 1.807) is 12.1 Å². The first-order valence-electron chi connectivity index (χ1n) is 9.86. The molecule has 1 saturated carbocycles. The molecule has 6 nitrogen and oxygen atoms in total. The Morgan fingerprint density at radius 1 is 1.17 bits per heavy atom. The molecule has 4 rings (SSSR count). The number of aromatic nitrogens is 2. The molecule has 156 valence electrons. The van der Waals surface area contributed by atoms with Crippen LogP contribution in [0, 0.1) is 0 Å². The smallest absolute Gasteiger partial charge is 0.247 e.